The van der Waals surface area contributed by atoms with Gasteiger partial charge in [0.05, 0.1) is 5.75 Å². The van der Waals surface area contributed by atoms with Gasteiger partial charge in [0, 0.05) is 5.02 Å². The molecule has 1 atom stereocenters. The molecule has 0 radical (unpaired) electrons. The fourth-order valence-corrected chi connectivity index (χ4v) is 2.41. The lowest BCUT2D eigenvalue weighted by Crippen LogP contribution is -2.12. The second-order valence-electron chi connectivity index (χ2n) is 4.41. The van der Waals surface area contributed by atoms with Crippen molar-refractivity contribution in [2.45, 2.75) is 30.9 Å². The summed E-state index contributed by atoms with van der Waals surface area (Å²) in [5.74, 6) is 1.78. The quantitative estimate of drug-likeness (QED) is 0.916. The van der Waals surface area contributed by atoms with E-state index in [0.29, 0.717) is 22.0 Å². The lowest BCUT2D eigenvalue weighted by atomic mass is 10.1. The van der Waals surface area contributed by atoms with Gasteiger partial charge in [-0.2, -0.15) is 16.7 Å². The van der Waals surface area contributed by atoms with Crippen molar-refractivity contribution in [1.82, 2.24) is 10.1 Å². The van der Waals surface area contributed by atoms with Crippen LogP contribution in [0, 0.1) is 0 Å². The predicted molar refractivity (Wildman–Crippen MR) is 78.2 cm³/mol. The zero-order chi connectivity index (χ0) is 13.8. The Balaban J connectivity index is 2.12. The van der Waals surface area contributed by atoms with Crippen LogP contribution in [0.4, 0.5) is 0 Å². The van der Waals surface area contributed by atoms with E-state index < -0.39 is 6.04 Å². The highest BCUT2D eigenvalue weighted by Gasteiger charge is 2.19. The smallest absolute Gasteiger partial charge is 0.248 e. The van der Waals surface area contributed by atoms with Crippen LogP contribution in [0.5, 0.6) is 0 Å². The largest absolute Gasteiger partial charge is 0.337 e. The van der Waals surface area contributed by atoms with Crippen LogP contribution in [0.2, 0.25) is 5.02 Å². The van der Waals surface area contributed by atoms with Gasteiger partial charge >= 0.3 is 0 Å². The van der Waals surface area contributed by atoms with Crippen LogP contribution < -0.4 is 5.73 Å². The Morgan fingerprint density at radius 1 is 1.37 bits per heavy atom. The topological polar surface area (TPSA) is 64.9 Å². The third-order valence-electron chi connectivity index (χ3n) is 2.54. The highest BCUT2D eigenvalue weighted by atomic mass is 35.5. The van der Waals surface area contributed by atoms with Gasteiger partial charge in [0.25, 0.3) is 0 Å². The summed E-state index contributed by atoms with van der Waals surface area (Å²) in [6.45, 7) is 4.25. The van der Waals surface area contributed by atoms with Crippen molar-refractivity contribution in [2.24, 2.45) is 5.73 Å². The Morgan fingerprint density at radius 3 is 2.79 bits per heavy atom. The van der Waals surface area contributed by atoms with E-state index >= 15 is 0 Å². The van der Waals surface area contributed by atoms with E-state index in [1.54, 1.807) is 17.8 Å². The number of thioether (sulfide) groups is 1. The summed E-state index contributed by atoms with van der Waals surface area (Å²) in [5.41, 5.74) is 6.89. The summed E-state index contributed by atoms with van der Waals surface area (Å²) in [6, 6.07) is 6.91. The second-order valence-corrected chi connectivity index (χ2v) is 6.38. The van der Waals surface area contributed by atoms with Crippen molar-refractivity contribution in [2.75, 3.05) is 0 Å². The average Bonchev–Trinajstić information content (AvgIpc) is 2.85. The second kappa shape index (κ2) is 6.41. The third kappa shape index (κ3) is 3.72. The summed E-state index contributed by atoms with van der Waals surface area (Å²) >= 11 is 7.86. The highest BCUT2D eigenvalue weighted by molar-refractivity contribution is 7.99. The summed E-state index contributed by atoms with van der Waals surface area (Å²) < 4.78 is 5.21. The number of rotatable bonds is 5. The van der Waals surface area contributed by atoms with E-state index in [4.69, 9.17) is 21.9 Å². The maximum absolute atomic E-state index is 6.10. The van der Waals surface area contributed by atoms with Crippen molar-refractivity contribution in [3.63, 3.8) is 0 Å². The molecule has 0 bridgehead atoms. The zero-order valence-electron chi connectivity index (χ0n) is 10.8. The molecule has 2 aromatic rings. The molecule has 19 heavy (non-hydrogen) atoms. The van der Waals surface area contributed by atoms with Gasteiger partial charge in [-0.05, 0) is 16.9 Å². The first-order valence-corrected chi connectivity index (χ1v) is 7.44. The van der Waals surface area contributed by atoms with Crippen molar-refractivity contribution < 1.29 is 4.52 Å². The number of benzene rings is 1. The molecule has 0 saturated heterocycles. The van der Waals surface area contributed by atoms with Gasteiger partial charge < -0.3 is 10.3 Å². The van der Waals surface area contributed by atoms with E-state index in [2.05, 4.69) is 24.0 Å². The van der Waals surface area contributed by atoms with Gasteiger partial charge in [-0.1, -0.05) is 48.8 Å². The molecule has 1 heterocycles. The molecule has 0 spiro atoms. The molecule has 0 amide bonds. The van der Waals surface area contributed by atoms with Gasteiger partial charge in [0.15, 0.2) is 5.82 Å². The molecule has 102 valence electrons. The highest BCUT2D eigenvalue weighted by Crippen LogP contribution is 2.25. The molecule has 2 rings (SSSR count). The molecule has 1 aromatic carbocycles. The average molecular weight is 298 g/mol. The lowest BCUT2D eigenvalue weighted by molar-refractivity contribution is 0.363. The number of nitrogens with zero attached hydrogens (tertiary/aromatic N) is 2. The Morgan fingerprint density at radius 2 is 2.11 bits per heavy atom. The van der Waals surface area contributed by atoms with Crippen LogP contribution in [0.1, 0.15) is 37.2 Å². The molecule has 4 nitrogen and oxygen atoms in total. The maximum atomic E-state index is 6.10. The fourth-order valence-electron chi connectivity index (χ4n) is 1.55. The first-order chi connectivity index (χ1) is 9.08. The van der Waals surface area contributed by atoms with Crippen LogP contribution in [-0.4, -0.2) is 15.4 Å². The first-order valence-electron chi connectivity index (χ1n) is 6.02. The van der Waals surface area contributed by atoms with Crippen LogP contribution in [0.3, 0.4) is 0 Å². The Bertz CT molecular complexity index is 544. The van der Waals surface area contributed by atoms with Gasteiger partial charge in [0.2, 0.25) is 5.89 Å². The third-order valence-corrected chi connectivity index (χ3v) is 3.97. The number of halogens is 1. The van der Waals surface area contributed by atoms with Crippen LogP contribution in [0.25, 0.3) is 0 Å². The molecule has 0 unspecified atom stereocenters. The minimum absolute atomic E-state index is 0.396. The van der Waals surface area contributed by atoms with Crippen molar-refractivity contribution >= 4 is 23.4 Å². The fraction of sp³-hybridized carbons (Fsp3) is 0.385. The zero-order valence-corrected chi connectivity index (χ0v) is 12.4. The standard InChI is InChI=1S/C13H16ClN3OS/c1-8(2)19-7-11-16-13(18-17-11)12(15)9-5-3-4-6-10(9)14/h3-6,8,12H,7,15H2,1-2H3/t12-/m1/s1. The number of aromatic nitrogens is 2. The Hall–Kier alpha value is -1.04. The number of nitrogens with two attached hydrogens (primary N) is 1. The molecular formula is C13H16ClN3OS. The lowest BCUT2D eigenvalue weighted by Gasteiger charge is -2.08. The molecule has 6 heteroatoms. The van der Waals surface area contributed by atoms with Crippen molar-refractivity contribution in [3.8, 4) is 0 Å². The van der Waals surface area contributed by atoms with Crippen LogP contribution in [0.15, 0.2) is 28.8 Å². The first kappa shape index (κ1) is 14.4. The summed E-state index contributed by atoms with van der Waals surface area (Å²) in [5, 5.41) is 5.06. The van der Waals surface area contributed by atoms with Gasteiger partial charge in [-0.25, -0.2) is 0 Å². The summed E-state index contributed by atoms with van der Waals surface area (Å²) in [7, 11) is 0. The predicted octanol–water partition coefficient (Wildman–Crippen LogP) is 3.41. The molecule has 0 saturated carbocycles. The molecule has 2 N–H and O–H groups in total. The van der Waals surface area contributed by atoms with Crippen molar-refractivity contribution in [3.05, 3.63) is 46.6 Å². The van der Waals surface area contributed by atoms with E-state index in [0.717, 1.165) is 11.3 Å². The van der Waals surface area contributed by atoms with Crippen LogP contribution >= 0.6 is 23.4 Å². The Labute approximate surface area is 121 Å². The molecular weight excluding hydrogens is 282 g/mol. The van der Waals surface area contributed by atoms with E-state index in [-0.39, 0.29) is 0 Å². The molecule has 0 aliphatic heterocycles. The minimum atomic E-state index is -0.487. The SMILES string of the molecule is CC(C)SCc1noc([C@H](N)c2ccccc2Cl)n1. The van der Waals surface area contributed by atoms with Crippen molar-refractivity contribution in [1.29, 1.82) is 0 Å². The number of hydrogen-bond donors (Lipinski definition) is 1. The maximum Gasteiger partial charge on any atom is 0.248 e. The van der Waals surface area contributed by atoms with Gasteiger partial charge in [-0.15, -0.1) is 0 Å². The molecule has 0 aliphatic carbocycles. The van der Waals surface area contributed by atoms with Gasteiger partial charge in [-0.3, -0.25) is 0 Å². The number of hydrogen-bond acceptors (Lipinski definition) is 5. The molecule has 1 aromatic heterocycles. The van der Waals surface area contributed by atoms with Gasteiger partial charge in [0.1, 0.15) is 6.04 Å². The Kier molecular flexibility index (Phi) is 4.85. The molecule has 0 aliphatic rings. The normalized spacial score (nSPS) is 12.9. The molecule has 0 fully saturated rings. The van der Waals surface area contributed by atoms with E-state index in [1.807, 2.05) is 18.2 Å². The minimum Gasteiger partial charge on any atom is -0.337 e. The van der Waals surface area contributed by atoms with E-state index in [9.17, 15) is 0 Å². The van der Waals surface area contributed by atoms with Crippen LogP contribution in [-0.2, 0) is 5.75 Å². The monoisotopic (exact) mass is 297 g/mol. The van der Waals surface area contributed by atoms with E-state index in [1.165, 1.54) is 0 Å². The summed E-state index contributed by atoms with van der Waals surface area (Å²) in [6.07, 6.45) is 0. The summed E-state index contributed by atoms with van der Waals surface area (Å²) in [4.78, 5) is 4.32.